The Kier molecular flexibility index (Phi) is 5.72. The summed E-state index contributed by atoms with van der Waals surface area (Å²) in [5.74, 6) is 0. The third-order valence-corrected chi connectivity index (χ3v) is 7.20. The number of nitrogens with zero attached hydrogens (tertiary/aromatic N) is 2. The zero-order valence-electron chi connectivity index (χ0n) is 19.5. The van der Waals surface area contributed by atoms with Gasteiger partial charge in [-0.05, 0) is 110 Å². The second-order valence-corrected chi connectivity index (χ2v) is 9.38. The average molecular weight is 447 g/mol. The maximum absolute atomic E-state index is 5.02. The fourth-order valence-corrected chi connectivity index (χ4v) is 5.53. The molecule has 4 aromatic rings. The van der Waals surface area contributed by atoms with Crippen LogP contribution >= 0.6 is 0 Å². The van der Waals surface area contributed by atoms with Crippen LogP contribution in [-0.4, -0.2) is 22.4 Å². The molecular weight excluding hydrogens is 416 g/mol. The third-order valence-electron chi connectivity index (χ3n) is 7.20. The van der Waals surface area contributed by atoms with Crippen LogP contribution in [0.15, 0.2) is 70.9 Å². The van der Waals surface area contributed by atoms with Crippen LogP contribution < -0.4 is 0 Å². The quantitative estimate of drug-likeness (QED) is 0.303. The predicted octanol–water partition coefficient (Wildman–Crippen LogP) is 7.27. The van der Waals surface area contributed by atoms with Gasteiger partial charge in [0, 0.05) is 23.5 Å². The molecule has 2 aliphatic rings. The van der Waals surface area contributed by atoms with E-state index in [2.05, 4.69) is 46.4 Å². The third kappa shape index (κ3) is 4.05. The van der Waals surface area contributed by atoms with Crippen LogP contribution in [0.1, 0.15) is 59.3 Å². The van der Waals surface area contributed by atoms with Crippen molar-refractivity contribution in [1.29, 1.82) is 0 Å². The van der Waals surface area contributed by atoms with Crippen molar-refractivity contribution >= 4 is 23.8 Å². The molecule has 4 nitrogen and oxygen atoms in total. The van der Waals surface area contributed by atoms with Gasteiger partial charge in [-0.2, -0.15) is 0 Å². The number of aromatic nitrogens is 2. The second kappa shape index (κ2) is 9.30. The molecule has 2 aliphatic carbocycles. The molecule has 34 heavy (non-hydrogen) atoms. The van der Waals surface area contributed by atoms with E-state index in [0.717, 1.165) is 48.4 Å². The van der Waals surface area contributed by atoms with Gasteiger partial charge in [0.15, 0.2) is 0 Å². The first-order chi connectivity index (χ1) is 16.9. The lowest BCUT2D eigenvalue weighted by Crippen LogP contribution is -2.09. The van der Waals surface area contributed by atoms with Crippen LogP contribution in [0.3, 0.4) is 0 Å². The number of H-pyrrole nitrogens is 2. The van der Waals surface area contributed by atoms with Crippen molar-refractivity contribution in [3.63, 3.8) is 0 Å². The summed E-state index contributed by atoms with van der Waals surface area (Å²) in [5, 5.41) is 0. The summed E-state index contributed by atoms with van der Waals surface area (Å²) in [4.78, 5) is 16.5. The molecule has 6 rings (SSSR count). The molecule has 0 bridgehead atoms. The van der Waals surface area contributed by atoms with E-state index in [1.54, 1.807) is 0 Å². The molecule has 0 unspecified atom stereocenters. The number of hydrogen-bond acceptors (Lipinski definition) is 2. The van der Waals surface area contributed by atoms with Crippen LogP contribution in [0.4, 0.5) is 11.4 Å². The molecule has 2 N–H and O–H groups in total. The summed E-state index contributed by atoms with van der Waals surface area (Å²) < 4.78 is 0. The zero-order valence-corrected chi connectivity index (χ0v) is 19.5. The van der Waals surface area contributed by atoms with Crippen molar-refractivity contribution in [2.75, 3.05) is 0 Å². The summed E-state index contributed by atoms with van der Waals surface area (Å²) in [6, 6.07) is 17.2. The highest BCUT2D eigenvalue weighted by molar-refractivity contribution is 5.94. The number of aliphatic imine (C=N–C) groups is 2. The van der Waals surface area contributed by atoms with Crippen LogP contribution in [0.5, 0.6) is 0 Å². The Labute approximate surface area is 200 Å². The first-order valence-corrected chi connectivity index (χ1v) is 12.5. The minimum absolute atomic E-state index is 1.02. The SMILES string of the molecule is C(=Nc1ccc2c(c1-c1c(N=Cc3ccc[nH]3)ccc3c1CCCC3)CCCC2)c1ccc[nH]1. The number of benzene rings is 2. The predicted molar refractivity (Wildman–Crippen MR) is 141 cm³/mol. The fraction of sp³-hybridized carbons (Fsp3) is 0.267. The lowest BCUT2D eigenvalue weighted by Gasteiger charge is -2.26. The zero-order chi connectivity index (χ0) is 22.7. The summed E-state index contributed by atoms with van der Waals surface area (Å²) in [6.45, 7) is 0. The van der Waals surface area contributed by atoms with Gasteiger partial charge in [-0.25, -0.2) is 0 Å². The molecule has 0 aliphatic heterocycles. The van der Waals surface area contributed by atoms with Gasteiger partial charge in [0.05, 0.1) is 35.2 Å². The normalized spacial score (nSPS) is 15.6. The van der Waals surface area contributed by atoms with E-state index in [-0.39, 0.29) is 0 Å². The molecule has 2 heterocycles. The van der Waals surface area contributed by atoms with E-state index in [0.29, 0.717) is 0 Å². The monoisotopic (exact) mass is 446 g/mol. The van der Waals surface area contributed by atoms with Crippen molar-refractivity contribution in [2.45, 2.75) is 51.4 Å². The summed E-state index contributed by atoms with van der Waals surface area (Å²) in [5.41, 5.74) is 12.6. The van der Waals surface area contributed by atoms with E-state index in [1.807, 2.05) is 37.0 Å². The Bertz CT molecular complexity index is 1240. The number of nitrogens with one attached hydrogen (secondary N) is 2. The van der Waals surface area contributed by atoms with E-state index in [4.69, 9.17) is 9.98 Å². The number of aromatic amines is 2. The van der Waals surface area contributed by atoms with Gasteiger partial charge >= 0.3 is 0 Å². The van der Waals surface area contributed by atoms with Crippen molar-refractivity contribution in [3.8, 4) is 11.1 Å². The summed E-state index contributed by atoms with van der Waals surface area (Å²) in [6.07, 6.45) is 17.3. The van der Waals surface area contributed by atoms with E-state index < -0.39 is 0 Å². The minimum atomic E-state index is 1.02. The second-order valence-electron chi connectivity index (χ2n) is 9.38. The van der Waals surface area contributed by atoms with Crippen LogP contribution in [0.2, 0.25) is 0 Å². The van der Waals surface area contributed by atoms with Crippen LogP contribution in [0, 0.1) is 0 Å². The van der Waals surface area contributed by atoms with Gasteiger partial charge in [-0.1, -0.05) is 12.1 Å². The van der Waals surface area contributed by atoms with E-state index >= 15 is 0 Å². The Balaban J connectivity index is 1.58. The smallest absolute Gasteiger partial charge is 0.0712 e. The average Bonchev–Trinajstić information content (AvgIpc) is 3.60. The number of rotatable bonds is 5. The highest BCUT2D eigenvalue weighted by Crippen LogP contribution is 2.46. The van der Waals surface area contributed by atoms with Gasteiger partial charge in [0.1, 0.15) is 0 Å². The van der Waals surface area contributed by atoms with Crippen molar-refractivity contribution in [2.24, 2.45) is 9.98 Å². The van der Waals surface area contributed by atoms with Gasteiger partial charge in [0.25, 0.3) is 0 Å². The molecule has 4 heteroatoms. The summed E-state index contributed by atoms with van der Waals surface area (Å²) in [7, 11) is 0. The molecule has 2 aromatic carbocycles. The Morgan fingerprint density at radius 1 is 0.559 bits per heavy atom. The summed E-state index contributed by atoms with van der Waals surface area (Å²) >= 11 is 0. The number of fused-ring (bicyclic) bond motifs is 2. The van der Waals surface area contributed by atoms with Gasteiger partial charge in [-0.3, -0.25) is 9.98 Å². The highest BCUT2D eigenvalue weighted by Gasteiger charge is 2.24. The Morgan fingerprint density at radius 2 is 1.03 bits per heavy atom. The first-order valence-electron chi connectivity index (χ1n) is 12.5. The fourth-order valence-electron chi connectivity index (χ4n) is 5.53. The first kappa shape index (κ1) is 20.9. The highest BCUT2D eigenvalue weighted by atomic mass is 14.8. The van der Waals surface area contributed by atoms with E-state index in [1.165, 1.54) is 59.1 Å². The van der Waals surface area contributed by atoms with Gasteiger partial charge in [-0.15, -0.1) is 0 Å². The Hall–Kier alpha value is -3.66. The molecule has 0 fully saturated rings. The molecule has 0 spiro atoms. The minimum Gasteiger partial charge on any atom is -0.360 e. The molecule has 0 amide bonds. The molecular formula is C30H30N4. The molecule has 0 saturated heterocycles. The molecule has 2 aromatic heterocycles. The van der Waals surface area contributed by atoms with Crippen molar-refractivity contribution in [3.05, 3.63) is 94.6 Å². The standard InChI is InChI=1S/C30H30N4/c1-3-11-25-21(7-1)13-15-27(33-19-23-9-5-17-31-23)29(25)30-26-12-4-2-8-22(26)14-16-28(30)34-20-24-10-6-18-32-24/h5-6,9-10,13-20,31-32H,1-4,7-8,11-12H2. The van der Waals surface area contributed by atoms with Crippen LogP contribution in [-0.2, 0) is 25.7 Å². The molecule has 170 valence electrons. The molecule has 0 saturated carbocycles. The maximum Gasteiger partial charge on any atom is 0.0712 e. The van der Waals surface area contributed by atoms with Crippen LogP contribution in [0.25, 0.3) is 11.1 Å². The topological polar surface area (TPSA) is 56.3 Å². The van der Waals surface area contributed by atoms with E-state index in [9.17, 15) is 0 Å². The van der Waals surface area contributed by atoms with Gasteiger partial charge < -0.3 is 9.97 Å². The lowest BCUT2D eigenvalue weighted by molar-refractivity contribution is 0.682. The Morgan fingerprint density at radius 3 is 1.47 bits per heavy atom. The van der Waals surface area contributed by atoms with Gasteiger partial charge in [0.2, 0.25) is 0 Å². The maximum atomic E-state index is 5.02. The molecule has 0 radical (unpaired) electrons. The van der Waals surface area contributed by atoms with Crippen molar-refractivity contribution in [1.82, 2.24) is 9.97 Å². The lowest BCUT2D eigenvalue weighted by atomic mass is 9.79. The van der Waals surface area contributed by atoms with Crippen molar-refractivity contribution < 1.29 is 0 Å². The number of hydrogen-bond donors (Lipinski definition) is 2. The number of aryl methyl sites for hydroxylation is 2. The largest absolute Gasteiger partial charge is 0.360 e. The molecule has 0 atom stereocenters.